The molecule has 0 saturated carbocycles. The quantitative estimate of drug-likeness (QED) is 0.816. The van der Waals surface area contributed by atoms with Crippen LogP contribution in [0.1, 0.15) is 13.3 Å². The topological polar surface area (TPSA) is 71.4 Å². The summed E-state index contributed by atoms with van der Waals surface area (Å²) < 4.78 is 36.2. The molecule has 0 unspecified atom stereocenters. The van der Waals surface area contributed by atoms with Crippen LogP contribution in [0.3, 0.4) is 0 Å². The first kappa shape index (κ1) is 12.6. The van der Waals surface area contributed by atoms with Crippen molar-refractivity contribution in [1.82, 2.24) is 0 Å². The van der Waals surface area contributed by atoms with Gasteiger partial charge in [0.15, 0.2) is 9.84 Å². The van der Waals surface area contributed by atoms with Crippen molar-refractivity contribution in [1.29, 1.82) is 0 Å². The fourth-order valence-corrected chi connectivity index (χ4v) is 2.55. The highest BCUT2D eigenvalue weighted by molar-refractivity contribution is 7.92. The molecular weight excluding hydrogens is 235 g/mol. The van der Waals surface area contributed by atoms with Crippen LogP contribution in [0.2, 0.25) is 0 Å². The molecule has 1 atom stereocenters. The van der Waals surface area contributed by atoms with Gasteiger partial charge in [-0.2, -0.15) is 0 Å². The first-order valence-corrected chi connectivity index (χ1v) is 6.10. The van der Waals surface area contributed by atoms with Gasteiger partial charge in [-0.25, -0.2) is 12.8 Å². The van der Waals surface area contributed by atoms with Gasteiger partial charge in [0.1, 0.15) is 5.82 Å². The van der Waals surface area contributed by atoms with E-state index in [0.717, 1.165) is 24.3 Å². The maximum atomic E-state index is 12.6. The number of hydrogen-bond acceptors (Lipinski definition) is 3. The molecule has 1 N–H and O–H groups in total. The number of carboxylic acids is 1. The van der Waals surface area contributed by atoms with E-state index in [0.29, 0.717) is 0 Å². The fraction of sp³-hybridized carbons (Fsp3) is 0.300. The maximum absolute atomic E-state index is 12.6. The number of sulfone groups is 1. The molecule has 0 aromatic heterocycles. The molecule has 0 aliphatic rings. The average molecular weight is 246 g/mol. The SMILES string of the molecule is C[C@H](CC(=O)O)S(=O)(=O)c1ccc(F)cc1. The Hall–Kier alpha value is -1.43. The zero-order valence-electron chi connectivity index (χ0n) is 8.55. The lowest BCUT2D eigenvalue weighted by Gasteiger charge is -2.10. The van der Waals surface area contributed by atoms with Crippen molar-refractivity contribution in [3.63, 3.8) is 0 Å². The van der Waals surface area contributed by atoms with Gasteiger partial charge in [-0.15, -0.1) is 0 Å². The Kier molecular flexibility index (Phi) is 3.64. The predicted octanol–water partition coefficient (Wildman–Crippen LogP) is 1.46. The molecule has 1 aromatic carbocycles. The summed E-state index contributed by atoms with van der Waals surface area (Å²) in [5, 5.41) is 7.48. The molecule has 0 amide bonds. The average Bonchev–Trinajstić information content (AvgIpc) is 2.17. The smallest absolute Gasteiger partial charge is 0.304 e. The third-order valence-electron chi connectivity index (χ3n) is 2.13. The highest BCUT2D eigenvalue weighted by Gasteiger charge is 2.25. The molecule has 88 valence electrons. The van der Waals surface area contributed by atoms with E-state index in [1.807, 2.05) is 0 Å². The molecule has 0 aliphatic carbocycles. The van der Waals surface area contributed by atoms with Crippen molar-refractivity contribution in [3.8, 4) is 0 Å². The van der Waals surface area contributed by atoms with Crippen LogP contribution in [0.25, 0.3) is 0 Å². The number of carboxylic acid groups (broad SMARTS) is 1. The second-order valence-corrected chi connectivity index (χ2v) is 5.77. The summed E-state index contributed by atoms with van der Waals surface area (Å²) in [6.07, 6.45) is -0.473. The van der Waals surface area contributed by atoms with Crippen molar-refractivity contribution >= 4 is 15.8 Å². The van der Waals surface area contributed by atoms with E-state index < -0.39 is 33.3 Å². The summed E-state index contributed by atoms with van der Waals surface area (Å²) in [5.74, 6) is -1.72. The van der Waals surface area contributed by atoms with Gasteiger partial charge in [0.25, 0.3) is 0 Å². The van der Waals surface area contributed by atoms with Gasteiger partial charge < -0.3 is 5.11 Å². The van der Waals surface area contributed by atoms with Gasteiger partial charge >= 0.3 is 5.97 Å². The summed E-state index contributed by atoms with van der Waals surface area (Å²) in [7, 11) is -3.70. The Balaban J connectivity index is 3.02. The van der Waals surface area contributed by atoms with Crippen molar-refractivity contribution in [3.05, 3.63) is 30.1 Å². The summed E-state index contributed by atoms with van der Waals surface area (Å²) in [4.78, 5) is 10.4. The summed E-state index contributed by atoms with van der Waals surface area (Å²) >= 11 is 0. The third kappa shape index (κ3) is 2.79. The first-order chi connectivity index (χ1) is 7.34. The number of halogens is 1. The number of aliphatic carboxylic acids is 1. The largest absolute Gasteiger partial charge is 0.481 e. The second-order valence-electron chi connectivity index (χ2n) is 3.41. The number of hydrogen-bond donors (Lipinski definition) is 1. The molecular formula is C10H11FO4S. The molecule has 0 bridgehead atoms. The zero-order chi connectivity index (χ0) is 12.3. The van der Waals surface area contributed by atoms with Gasteiger partial charge in [0, 0.05) is 0 Å². The lowest BCUT2D eigenvalue weighted by molar-refractivity contribution is -0.136. The summed E-state index contributed by atoms with van der Waals surface area (Å²) in [6.45, 7) is 1.31. The Morgan fingerprint density at radius 1 is 1.38 bits per heavy atom. The minimum absolute atomic E-state index is 0.0670. The van der Waals surface area contributed by atoms with Crippen LogP contribution in [0, 0.1) is 5.82 Å². The van der Waals surface area contributed by atoms with E-state index in [-0.39, 0.29) is 4.90 Å². The van der Waals surface area contributed by atoms with Gasteiger partial charge in [-0.1, -0.05) is 0 Å². The van der Waals surface area contributed by atoms with E-state index in [1.54, 1.807) is 0 Å². The van der Waals surface area contributed by atoms with E-state index in [1.165, 1.54) is 6.92 Å². The van der Waals surface area contributed by atoms with Crippen molar-refractivity contribution < 1.29 is 22.7 Å². The Morgan fingerprint density at radius 2 is 1.88 bits per heavy atom. The Bertz CT molecular complexity index is 478. The van der Waals surface area contributed by atoms with E-state index in [9.17, 15) is 17.6 Å². The molecule has 0 saturated heterocycles. The molecule has 4 nitrogen and oxygen atoms in total. The maximum Gasteiger partial charge on any atom is 0.304 e. The van der Waals surface area contributed by atoms with Crippen LogP contribution in [-0.2, 0) is 14.6 Å². The van der Waals surface area contributed by atoms with Crippen molar-refractivity contribution in [2.45, 2.75) is 23.5 Å². The molecule has 16 heavy (non-hydrogen) atoms. The molecule has 1 aromatic rings. The lowest BCUT2D eigenvalue weighted by Crippen LogP contribution is -2.21. The minimum atomic E-state index is -3.70. The van der Waals surface area contributed by atoms with Crippen LogP contribution >= 0.6 is 0 Å². The Morgan fingerprint density at radius 3 is 2.31 bits per heavy atom. The highest BCUT2D eigenvalue weighted by Crippen LogP contribution is 2.18. The zero-order valence-corrected chi connectivity index (χ0v) is 9.37. The third-order valence-corrected chi connectivity index (χ3v) is 4.29. The van der Waals surface area contributed by atoms with Crippen molar-refractivity contribution in [2.24, 2.45) is 0 Å². The van der Waals surface area contributed by atoms with E-state index in [2.05, 4.69) is 0 Å². The molecule has 0 radical (unpaired) electrons. The summed E-state index contributed by atoms with van der Waals surface area (Å²) in [6, 6.07) is 4.31. The monoisotopic (exact) mass is 246 g/mol. The molecule has 0 fully saturated rings. The molecule has 0 heterocycles. The van der Waals surface area contributed by atoms with Gasteiger partial charge in [-0.05, 0) is 31.2 Å². The lowest BCUT2D eigenvalue weighted by atomic mass is 10.3. The van der Waals surface area contributed by atoms with Crippen molar-refractivity contribution in [2.75, 3.05) is 0 Å². The fourth-order valence-electron chi connectivity index (χ4n) is 1.21. The number of rotatable bonds is 4. The molecule has 6 heteroatoms. The normalized spacial score (nSPS) is 13.4. The van der Waals surface area contributed by atoms with E-state index >= 15 is 0 Å². The first-order valence-electron chi connectivity index (χ1n) is 4.55. The van der Waals surface area contributed by atoms with Crippen LogP contribution in [0.5, 0.6) is 0 Å². The van der Waals surface area contributed by atoms with Gasteiger partial charge in [-0.3, -0.25) is 4.79 Å². The second kappa shape index (κ2) is 4.61. The van der Waals surface area contributed by atoms with Crippen LogP contribution < -0.4 is 0 Å². The molecule has 1 rings (SSSR count). The number of benzene rings is 1. The predicted molar refractivity (Wildman–Crippen MR) is 55.3 cm³/mol. The van der Waals surface area contributed by atoms with E-state index in [4.69, 9.17) is 5.11 Å². The highest BCUT2D eigenvalue weighted by atomic mass is 32.2. The van der Waals surface area contributed by atoms with Crippen LogP contribution in [0.4, 0.5) is 4.39 Å². The Labute approximate surface area is 92.6 Å². The minimum Gasteiger partial charge on any atom is -0.481 e. The number of carbonyl (C=O) groups is 1. The standard InChI is InChI=1S/C10H11FO4S/c1-7(6-10(12)13)16(14,15)9-4-2-8(11)3-5-9/h2-5,7H,6H2,1H3,(H,12,13)/t7-/m1/s1. The van der Waals surface area contributed by atoms with Gasteiger partial charge in [0.2, 0.25) is 0 Å². The summed E-state index contributed by atoms with van der Waals surface area (Å²) in [5.41, 5.74) is 0. The molecule has 0 aliphatic heterocycles. The molecule has 0 spiro atoms. The van der Waals surface area contributed by atoms with Gasteiger partial charge in [0.05, 0.1) is 16.6 Å². The van der Waals surface area contributed by atoms with Crippen LogP contribution in [-0.4, -0.2) is 24.7 Å². The van der Waals surface area contributed by atoms with Crippen LogP contribution in [0.15, 0.2) is 29.2 Å².